The molecule has 0 radical (unpaired) electrons. The zero-order chi connectivity index (χ0) is 17.0. The van der Waals surface area contributed by atoms with Crippen LogP contribution in [-0.2, 0) is 16.6 Å². The summed E-state index contributed by atoms with van der Waals surface area (Å²) in [4.78, 5) is 0.205. The summed E-state index contributed by atoms with van der Waals surface area (Å²) in [5.74, 6) is 0.614. The molecule has 0 amide bonds. The summed E-state index contributed by atoms with van der Waals surface area (Å²) in [7, 11) is -2.02. The van der Waals surface area contributed by atoms with Gasteiger partial charge in [0.05, 0.1) is 17.7 Å². The van der Waals surface area contributed by atoms with E-state index in [0.29, 0.717) is 5.75 Å². The molecule has 3 aromatic rings. The Bertz CT molecular complexity index is 887. The van der Waals surface area contributed by atoms with Gasteiger partial charge in [0.2, 0.25) is 10.0 Å². The van der Waals surface area contributed by atoms with Crippen molar-refractivity contribution in [2.75, 3.05) is 7.11 Å². The topological polar surface area (TPSA) is 73.2 Å². The number of aromatic nitrogens is 2. The lowest BCUT2D eigenvalue weighted by atomic mass is 10.2. The molecule has 3 rings (SSSR count). The van der Waals surface area contributed by atoms with Gasteiger partial charge in [-0.1, -0.05) is 12.1 Å². The van der Waals surface area contributed by atoms with Crippen molar-refractivity contribution >= 4 is 10.0 Å². The first-order valence-electron chi connectivity index (χ1n) is 7.31. The number of nitrogens with one attached hydrogen (secondary N) is 1. The molecule has 124 valence electrons. The van der Waals surface area contributed by atoms with E-state index in [9.17, 15) is 8.42 Å². The highest BCUT2D eigenvalue weighted by molar-refractivity contribution is 7.89. The summed E-state index contributed by atoms with van der Waals surface area (Å²) in [6.07, 6.45) is 3.55. The maximum Gasteiger partial charge on any atom is 0.240 e. The van der Waals surface area contributed by atoms with Crippen molar-refractivity contribution in [2.45, 2.75) is 11.4 Å². The minimum Gasteiger partial charge on any atom is -0.497 e. The molecule has 0 saturated heterocycles. The zero-order valence-corrected chi connectivity index (χ0v) is 13.9. The second-order valence-electron chi connectivity index (χ2n) is 5.12. The molecule has 1 heterocycles. The van der Waals surface area contributed by atoms with Gasteiger partial charge in [0.25, 0.3) is 0 Å². The van der Waals surface area contributed by atoms with Crippen LogP contribution in [0.5, 0.6) is 5.75 Å². The molecule has 6 nitrogen and oxygen atoms in total. The Morgan fingerprint density at radius 3 is 2.38 bits per heavy atom. The standard InChI is InChI=1S/C17H17N3O3S/c1-23-16-7-9-17(10-8-16)24(21,22)19-13-14-3-5-15(6-4-14)20-12-2-11-18-20/h2-12,19H,13H2,1H3. The third-order valence-corrected chi connectivity index (χ3v) is 4.96. The van der Waals surface area contributed by atoms with Crippen molar-refractivity contribution < 1.29 is 13.2 Å². The van der Waals surface area contributed by atoms with Gasteiger partial charge in [0.1, 0.15) is 5.75 Å². The van der Waals surface area contributed by atoms with Gasteiger partial charge in [-0.3, -0.25) is 0 Å². The van der Waals surface area contributed by atoms with Crippen molar-refractivity contribution in [1.82, 2.24) is 14.5 Å². The van der Waals surface area contributed by atoms with E-state index in [1.165, 1.54) is 19.2 Å². The van der Waals surface area contributed by atoms with E-state index in [0.717, 1.165) is 11.3 Å². The van der Waals surface area contributed by atoms with Gasteiger partial charge in [-0.2, -0.15) is 5.10 Å². The lowest BCUT2D eigenvalue weighted by Gasteiger charge is -2.08. The Kier molecular flexibility index (Phi) is 4.64. The monoisotopic (exact) mass is 343 g/mol. The Morgan fingerprint density at radius 1 is 1.08 bits per heavy atom. The third-order valence-electron chi connectivity index (χ3n) is 3.54. The van der Waals surface area contributed by atoms with E-state index in [1.807, 2.05) is 36.5 Å². The van der Waals surface area contributed by atoms with Crippen molar-refractivity contribution in [3.8, 4) is 11.4 Å². The van der Waals surface area contributed by atoms with Crippen LogP contribution in [0.3, 0.4) is 0 Å². The summed E-state index contributed by atoms with van der Waals surface area (Å²) < 4.78 is 33.9. The molecule has 0 aliphatic heterocycles. The molecule has 0 unspecified atom stereocenters. The number of methoxy groups -OCH3 is 1. The first kappa shape index (κ1) is 16.2. The van der Waals surface area contributed by atoms with Gasteiger partial charge in [0, 0.05) is 18.9 Å². The minimum atomic E-state index is -3.56. The molecule has 0 aliphatic rings. The number of benzene rings is 2. The van der Waals surface area contributed by atoms with E-state index in [-0.39, 0.29) is 11.4 Å². The number of rotatable bonds is 6. The van der Waals surface area contributed by atoms with Gasteiger partial charge in [-0.15, -0.1) is 0 Å². The highest BCUT2D eigenvalue weighted by Gasteiger charge is 2.13. The first-order valence-corrected chi connectivity index (χ1v) is 8.79. The molecule has 24 heavy (non-hydrogen) atoms. The molecule has 1 N–H and O–H groups in total. The maximum absolute atomic E-state index is 12.3. The van der Waals surface area contributed by atoms with E-state index in [1.54, 1.807) is 23.0 Å². The summed E-state index contributed by atoms with van der Waals surface area (Å²) in [6.45, 7) is 0.216. The van der Waals surface area contributed by atoms with E-state index >= 15 is 0 Å². The number of sulfonamides is 1. The highest BCUT2D eigenvalue weighted by Crippen LogP contribution is 2.16. The van der Waals surface area contributed by atoms with Gasteiger partial charge in [0.15, 0.2) is 0 Å². The number of ether oxygens (including phenoxy) is 1. The lowest BCUT2D eigenvalue weighted by Crippen LogP contribution is -2.23. The average molecular weight is 343 g/mol. The fourth-order valence-electron chi connectivity index (χ4n) is 2.20. The fourth-order valence-corrected chi connectivity index (χ4v) is 3.22. The molecule has 2 aromatic carbocycles. The summed E-state index contributed by atoms with van der Waals surface area (Å²) in [5.41, 5.74) is 1.78. The van der Waals surface area contributed by atoms with E-state index < -0.39 is 10.0 Å². The molecule has 1 aromatic heterocycles. The van der Waals surface area contributed by atoms with Crippen LogP contribution in [0.15, 0.2) is 71.9 Å². The first-order chi connectivity index (χ1) is 11.6. The predicted molar refractivity (Wildman–Crippen MR) is 90.6 cm³/mol. The fraction of sp³-hybridized carbons (Fsp3) is 0.118. The quantitative estimate of drug-likeness (QED) is 0.746. The normalized spacial score (nSPS) is 11.4. The Morgan fingerprint density at radius 2 is 1.79 bits per heavy atom. The number of hydrogen-bond acceptors (Lipinski definition) is 4. The third kappa shape index (κ3) is 3.64. The van der Waals surface area contributed by atoms with E-state index in [2.05, 4.69) is 9.82 Å². The van der Waals surface area contributed by atoms with Crippen molar-refractivity contribution in [3.05, 3.63) is 72.6 Å². The molecular formula is C17H17N3O3S. The van der Waals surface area contributed by atoms with Crippen LogP contribution < -0.4 is 9.46 Å². The molecule has 7 heteroatoms. The molecule has 0 saturated carbocycles. The molecular weight excluding hydrogens is 326 g/mol. The smallest absolute Gasteiger partial charge is 0.240 e. The molecule has 0 atom stereocenters. The SMILES string of the molecule is COc1ccc(S(=O)(=O)NCc2ccc(-n3cccn3)cc2)cc1. The van der Waals surface area contributed by atoms with Crippen LogP contribution in [0.2, 0.25) is 0 Å². The van der Waals surface area contributed by atoms with Crippen LogP contribution in [-0.4, -0.2) is 25.3 Å². The van der Waals surface area contributed by atoms with Crippen LogP contribution in [0.1, 0.15) is 5.56 Å². The molecule has 0 spiro atoms. The van der Waals surface area contributed by atoms with Gasteiger partial charge in [-0.25, -0.2) is 17.8 Å². The Labute approximate surface area is 140 Å². The Hall–Kier alpha value is -2.64. The number of nitrogens with zero attached hydrogens (tertiary/aromatic N) is 2. The van der Waals surface area contributed by atoms with Crippen LogP contribution in [0.25, 0.3) is 5.69 Å². The summed E-state index contributed by atoms with van der Waals surface area (Å²) >= 11 is 0. The molecule has 0 bridgehead atoms. The van der Waals surface area contributed by atoms with Crippen molar-refractivity contribution in [1.29, 1.82) is 0 Å². The average Bonchev–Trinajstić information content (AvgIpc) is 3.15. The largest absolute Gasteiger partial charge is 0.497 e. The molecule has 0 aliphatic carbocycles. The van der Waals surface area contributed by atoms with Gasteiger partial charge < -0.3 is 4.74 Å². The lowest BCUT2D eigenvalue weighted by molar-refractivity contribution is 0.414. The summed E-state index contributed by atoms with van der Waals surface area (Å²) in [6, 6.07) is 15.6. The maximum atomic E-state index is 12.3. The minimum absolute atomic E-state index is 0.205. The molecule has 0 fully saturated rings. The van der Waals surface area contributed by atoms with Gasteiger partial charge >= 0.3 is 0 Å². The van der Waals surface area contributed by atoms with Crippen molar-refractivity contribution in [2.24, 2.45) is 0 Å². The highest BCUT2D eigenvalue weighted by atomic mass is 32.2. The number of hydrogen-bond donors (Lipinski definition) is 1. The van der Waals surface area contributed by atoms with Crippen LogP contribution in [0.4, 0.5) is 0 Å². The van der Waals surface area contributed by atoms with Crippen LogP contribution >= 0.6 is 0 Å². The van der Waals surface area contributed by atoms with Gasteiger partial charge in [-0.05, 0) is 48.0 Å². The van der Waals surface area contributed by atoms with E-state index in [4.69, 9.17) is 4.74 Å². The van der Waals surface area contributed by atoms with Crippen LogP contribution in [0, 0.1) is 0 Å². The second-order valence-corrected chi connectivity index (χ2v) is 6.88. The van der Waals surface area contributed by atoms with Crippen molar-refractivity contribution in [3.63, 3.8) is 0 Å². The Balaban J connectivity index is 1.67. The zero-order valence-electron chi connectivity index (χ0n) is 13.1. The summed E-state index contributed by atoms with van der Waals surface area (Å²) in [5, 5.41) is 4.15. The predicted octanol–water partition coefficient (Wildman–Crippen LogP) is 2.36. The second kappa shape index (κ2) is 6.86.